The second kappa shape index (κ2) is 7.42. The molecular weight excluding hydrogens is 383 g/mol. The number of amides is 1. The third kappa shape index (κ3) is 4.36. The molecule has 0 saturated heterocycles. The molecule has 2 unspecified atom stereocenters. The van der Waals surface area contributed by atoms with Crippen molar-refractivity contribution in [1.29, 1.82) is 0 Å². The number of hydrogen-bond donors (Lipinski definition) is 2. The zero-order chi connectivity index (χ0) is 20.6. The number of para-hydroxylation sites is 1. The lowest BCUT2D eigenvalue weighted by Crippen LogP contribution is -2.28. The fourth-order valence-electron chi connectivity index (χ4n) is 3.54. The number of halogens is 3. The summed E-state index contributed by atoms with van der Waals surface area (Å²) in [5.41, 5.74) is 2.91. The van der Waals surface area contributed by atoms with E-state index in [1.807, 2.05) is 37.4 Å². The van der Waals surface area contributed by atoms with Crippen molar-refractivity contribution in [3.63, 3.8) is 0 Å². The minimum atomic E-state index is -4.41. The molecule has 1 fully saturated rings. The predicted molar refractivity (Wildman–Crippen MR) is 101 cm³/mol. The number of aromatic nitrogens is 2. The normalized spacial score (nSPS) is 19.7. The summed E-state index contributed by atoms with van der Waals surface area (Å²) in [4.78, 5) is 19.8. The van der Waals surface area contributed by atoms with Crippen LogP contribution in [0.5, 0.6) is 5.88 Å². The fourth-order valence-corrected chi connectivity index (χ4v) is 3.54. The molecule has 1 aliphatic carbocycles. The Bertz CT molecular complexity index is 1010. The van der Waals surface area contributed by atoms with Crippen LogP contribution in [0, 0.1) is 5.92 Å². The monoisotopic (exact) mass is 403 g/mol. The number of hydrogen-bond acceptors (Lipinski definition) is 3. The Morgan fingerprint density at radius 1 is 1.31 bits per heavy atom. The van der Waals surface area contributed by atoms with Crippen LogP contribution >= 0.6 is 0 Å². The van der Waals surface area contributed by atoms with E-state index in [1.165, 1.54) is 12.3 Å². The van der Waals surface area contributed by atoms with Crippen molar-refractivity contribution in [2.45, 2.75) is 31.5 Å². The van der Waals surface area contributed by atoms with Gasteiger partial charge in [-0.1, -0.05) is 24.3 Å². The summed E-state index contributed by atoms with van der Waals surface area (Å²) in [5.74, 6) is -0.0520. The number of carbonyl (C=O) groups is 1. The van der Waals surface area contributed by atoms with Crippen LogP contribution in [-0.2, 0) is 4.79 Å². The first-order valence-electron chi connectivity index (χ1n) is 9.34. The van der Waals surface area contributed by atoms with E-state index in [1.54, 1.807) is 6.07 Å². The Balaban J connectivity index is 1.35. The second-order valence-corrected chi connectivity index (χ2v) is 7.30. The van der Waals surface area contributed by atoms with Gasteiger partial charge in [0.1, 0.15) is 0 Å². The van der Waals surface area contributed by atoms with Crippen molar-refractivity contribution in [3.8, 4) is 5.88 Å². The van der Waals surface area contributed by atoms with Crippen molar-refractivity contribution in [3.05, 3.63) is 59.9 Å². The maximum Gasteiger partial charge on any atom is 0.422 e. The van der Waals surface area contributed by atoms with Crippen LogP contribution in [0.1, 0.15) is 36.4 Å². The van der Waals surface area contributed by atoms with Gasteiger partial charge in [-0.2, -0.15) is 13.2 Å². The molecule has 2 aromatic heterocycles. The molecule has 1 aliphatic rings. The highest BCUT2D eigenvalue weighted by Gasteiger charge is 2.45. The number of H-pyrrole nitrogens is 1. The third-order valence-electron chi connectivity index (χ3n) is 5.15. The number of ether oxygens (including phenoxy) is 1. The average molecular weight is 403 g/mol. The molecule has 4 rings (SSSR count). The molecule has 152 valence electrons. The van der Waals surface area contributed by atoms with Crippen molar-refractivity contribution in [1.82, 2.24) is 15.3 Å². The standard InChI is InChI=1S/C21H20F3N3O2/c1-12(14-5-6-18(26-10-14)29-11-21(22,23)24)27-20(28)17-9-16(17)15-4-2-3-13-7-8-25-19(13)15/h2-8,10,12,16-17,25H,9,11H2,1H3,(H,27,28)/t12-,16?,17?/m1/s1. The highest BCUT2D eigenvalue weighted by Crippen LogP contribution is 2.49. The Labute approximate surface area is 165 Å². The first kappa shape index (κ1) is 19.3. The average Bonchev–Trinajstić information content (AvgIpc) is 3.34. The van der Waals surface area contributed by atoms with Gasteiger partial charge in [-0.25, -0.2) is 4.98 Å². The summed E-state index contributed by atoms with van der Waals surface area (Å²) in [5, 5.41) is 4.09. The molecule has 1 amide bonds. The van der Waals surface area contributed by atoms with Gasteiger partial charge in [0.25, 0.3) is 0 Å². The maximum atomic E-state index is 12.6. The SMILES string of the molecule is C[C@@H](NC(=O)C1CC1c1cccc2cc[nH]c12)c1ccc(OCC(F)(F)F)nc1. The largest absolute Gasteiger partial charge is 0.468 e. The van der Waals surface area contributed by atoms with E-state index in [4.69, 9.17) is 0 Å². The summed E-state index contributed by atoms with van der Waals surface area (Å²) >= 11 is 0. The van der Waals surface area contributed by atoms with Gasteiger partial charge in [0.2, 0.25) is 11.8 Å². The number of rotatable bonds is 6. The number of fused-ring (bicyclic) bond motifs is 1. The number of pyridine rings is 1. The van der Waals surface area contributed by atoms with Crippen LogP contribution in [0.2, 0.25) is 0 Å². The Morgan fingerprint density at radius 3 is 2.86 bits per heavy atom. The molecule has 3 atom stereocenters. The molecule has 29 heavy (non-hydrogen) atoms. The van der Waals surface area contributed by atoms with Crippen LogP contribution in [-0.4, -0.2) is 28.7 Å². The van der Waals surface area contributed by atoms with E-state index in [9.17, 15) is 18.0 Å². The van der Waals surface area contributed by atoms with Gasteiger partial charge >= 0.3 is 6.18 Å². The second-order valence-electron chi connectivity index (χ2n) is 7.30. The lowest BCUT2D eigenvalue weighted by Gasteiger charge is -2.15. The minimum Gasteiger partial charge on any atom is -0.468 e. The Morgan fingerprint density at radius 2 is 2.14 bits per heavy atom. The molecule has 0 radical (unpaired) electrons. The zero-order valence-corrected chi connectivity index (χ0v) is 15.7. The first-order chi connectivity index (χ1) is 13.8. The van der Waals surface area contributed by atoms with E-state index in [0.717, 1.165) is 22.9 Å². The quantitative estimate of drug-likeness (QED) is 0.638. The highest BCUT2D eigenvalue weighted by molar-refractivity contribution is 5.88. The predicted octanol–water partition coefficient (Wildman–Crippen LogP) is 4.48. The Hall–Kier alpha value is -3.03. The Kier molecular flexibility index (Phi) is 4.94. The zero-order valence-electron chi connectivity index (χ0n) is 15.7. The van der Waals surface area contributed by atoms with Crippen LogP contribution in [0.3, 0.4) is 0 Å². The van der Waals surface area contributed by atoms with Crippen LogP contribution in [0.25, 0.3) is 10.9 Å². The number of carbonyl (C=O) groups excluding carboxylic acids is 1. The molecule has 1 saturated carbocycles. The summed E-state index contributed by atoms with van der Waals surface area (Å²) < 4.78 is 41.2. The maximum absolute atomic E-state index is 12.6. The van der Waals surface area contributed by atoms with Crippen LogP contribution in [0.4, 0.5) is 13.2 Å². The minimum absolute atomic E-state index is 0.0385. The van der Waals surface area contributed by atoms with Gasteiger partial charge in [-0.05, 0) is 41.8 Å². The summed E-state index contributed by atoms with van der Waals surface area (Å²) in [6.07, 6.45) is -0.310. The van der Waals surface area contributed by atoms with Crippen LogP contribution < -0.4 is 10.1 Å². The van der Waals surface area contributed by atoms with E-state index in [-0.39, 0.29) is 29.7 Å². The lowest BCUT2D eigenvalue weighted by molar-refractivity contribution is -0.154. The van der Waals surface area contributed by atoms with Crippen molar-refractivity contribution in [2.24, 2.45) is 5.92 Å². The van der Waals surface area contributed by atoms with E-state index >= 15 is 0 Å². The molecule has 5 nitrogen and oxygen atoms in total. The molecule has 0 bridgehead atoms. The summed E-state index contributed by atoms with van der Waals surface area (Å²) in [6, 6.07) is 10.7. The van der Waals surface area contributed by atoms with Crippen molar-refractivity contribution in [2.75, 3.05) is 6.61 Å². The van der Waals surface area contributed by atoms with Crippen LogP contribution in [0.15, 0.2) is 48.8 Å². The van der Waals surface area contributed by atoms with Gasteiger partial charge < -0.3 is 15.0 Å². The molecule has 8 heteroatoms. The molecule has 2 heterocycles. The lowest BCUT2D eigenvalue weighted by atomic mass is 10.1. The highest BCUT2D eigenvalue weighted by atomic mass is 19.4. The van der Waals surface area contributed by atoms with Gasteiger partial charge in [0, 0.05) is 29.9 Å². The van der Waals surface area contributed by atoms with Gasteiger partial charge in [-0.3, -0.25) is 4.79 Å². The van der Waals surface area contributed by atoms with E-state index in [0.29, 0.717) is 5.56 Å². The number of nitrogens with one attached hydrogen (secondary N) is 2. The van der Waals surface area contributed by atoms with Crippen molar-refractivity contribution < 1.29 is 22.7 Å². The molecule has 0 aliphatic heterocycles. The van der Waals surface area contributed by atoms with E-state index in [2.05, 4.69) is 20.0 Å². The van der Waals surface area contributed by atoms with E-state index < -0.39 is 12.8 Å². The molecule has 1 aromatic carbocycles. The molecule has 3 aromatic rings. The fraction of sp³-hybridized carbons (Fsp3) is 0.333. The number of nitrogens with zero attached hydrogens (tertiary/aromatic N) is 1. The topological polar surface area (TPSA) is 67.0 Å². The number of benzene rings is 1. The summed E-state index contributed by atoms with van der Waals surface area (Å²) in [6.45, 7) is 0.427. The molecule has 2 N–H and O–H groups in total. The first-order valence-corrected chi connectivity index (χ1v) is 9.34. The van der Waals surface area contributed by atoms with Gasteiger partial charge in [0.05, 0.1) is 6.04 Å². The third-order valence-corrected chi connectivity index (χ3v) is 5.15. The number of aromatic amines is 1. The number of alkyl halides is 3. The van der Waals surface area contributed by atoms with Gasteiger partial charge in [-0.15, -0.1) is 0 Å². The molecular formula is C21H20F3N3O2. The smallest absolute Gasteiger partial charge is 0.422 e. The molecule has 0 spiro atoms. The summed E-state index contributed by atoms with van der Waals surface area (Å²) in [7, 11) is 0. The van der Waals surface area contributed by atoms with Gasteiger partial charge in [0.15, 0.2) is 6.61 Å². The van der Waals surface area contributed by atoms with Crippen molar-refractivity contribution >= 4 is 16.8 Å².